The number of hydrogen-bond donors (Lipinski definition) is 1. The predicted octanol–water partition coefficient (Wildman–Crippen LogP) is 1.35. The van der Waals surface area contributed by atoms with Crippen LogP contribution in [0.5, 0.6) is 0 Å². The summed E-state index contributed by atoms with van der Waals surface area (Å²) in [6, 6.07) is 6.89. The van der Waals surface area contributed by atoms with Crippen LogP contribution in [0.1, 0.15) is 25.7 Å². The summed E-state index contributed by atoms with van der Waals surface area (Å²) < 4.78 is 0. The number of halogens is 1. The number of anilines is 1. The third kappa shape index (κ3) is 4.04. The standard InChI is InChI=1S/C18H20ClN3O4/c19-13-4-6-14(7-5-13)22-11-12(10-17(22)25)18(26)20-8-9-21-15(23)2-1-3-16(21)24/h4-7,12H,1-3,8-11H2,(H,20,26). The molecule has 2 aliphatic heterocycles. The molecule has 3 rings (SSSR count). The molecule has 1 N–H and O–H groups in total. The van der Waals surface area contributed by atoms with Gasteiger partial charge in [-0.3, -0.25) is 24.1 Å². The van der Waals surface area contributed by atoms with Gasteiger partial charge in [-0.15, -0.1) is 0 Å². The van der Waals surface area contributed by atoms with E-state index >= 15 is 0 Å². The van der Waals surface area contributed by atoms with Gasteiger partial charge >= 0.3 is 0 Å². The van der Waals surface area contributed by atoms with Crippen molar-refractivity contribution < 1.29 is 19.2 Å². The molecule has 0 aliphatic carbocycles. The molecule has 1 unspecified atom stereocenters. The Morgan fingerprint density at radius 1 is 1.08 bits per heavy atom. The molecule has 138 valence electrons. The first kappa shape index (κ1) is 18.4. The molecule has 7 nitrogen and oxygen atoms in total. The summed E-state index contributed by atoms with van der Waals surface area (Å²) in [7, 11) is 0. The van der Waals surface area contributed by atoms with Crippen molar-refractivity contribution in [3.63, 3.8) is 0 Å². The van der Waals surface area contributed by atoms with Crippen molar-refractivity contribution in [1.82, 2.24) is 10.2 Å². The maximum absolute atomic E-state index is 12.3. The second kappa shape index (κ2) is 7.86. The van der Waals surface area contributed by atoms with E-state index in [1.54, 1.807) is 29.2 Å². The summed E-state index contributed by atoms with van der Waals surface area (Å²) >= 11 is 5.86. The van der Waals surface area contributed by atoms with Gasteiger partial charge in [0.25, 0.3) is 0 Å². The van der Waals surface area contributed by atoms with Crippen LogP contribution in [-0.4, -0.2) is 48.2 Å². The van der Waals surface area contributed by atoms with Crippen LogP contribution < -0.4 is 10.2 Å². The molecule has 26 heavy (non-hydrogen) atoms. The van der Waals surface area contributed by atoms with Gasteiger partial charge in [-0.25, -0.2) is 0 Å². The van der Waals surface area contributed by atoms with Crippen LogP contribution in [-0.2, 0) is 19.2 Å². The molecular formula is C18H20ClN3O4. The number of rotatable bonds is 5. The molecule has 1 aromatic carbocycles. The highest BCUT2D eigenvalue weighted by Crippen LogP contribution is 2.26. The highest BCUT2D eigenvalue weighted by molar-refractivity contribution is 6.30. The summed E-state index contributed by atoms with van der Waals surface area (Å²) in [6.07, 6.45) is 1.46. The Balaban J connectivity index is 1.51. The topological polar surface area (TPSA) is 86.8 Å². The van der Waals surface area contributed by atoms with Gasteiger partial charge in [0.15, 0.2) is 0 Å². The number of likely N-dealkylation sites (tertiary alicyclic amines) is 1. The number of piperidine rings is 1. The first-order chi connectivity index (χ1) is 12.5. The molecule has 2 fully saturated rings. The average Bonchev–Trinajstić information content (AvgIpc) is 3.00. The van der Waals surface area contributed by atoms with Gasteiger partial charge in [0, 0.05) is 49.6 Å². The highest BCUT2D eigenvalue weighted by Gasteiger charge is 2.35. The van der Waals surface area contributed by atoms with E-state index in [1.807, 2.05) is 0 Å². The molecular weight excluding hydrogens is 358 g/mol. The fraction of sp³-hybridized carbons (Fsp3) is 0.444. The summed E-state index contributed by atoms with van der Waals surface area (Å²) in [4.78, 5) is 50.8. The number of nitrogens with zero attached hydrogens (tertiary/aromatic N) is 2. The maximum Gasteiger partial charge on any atom is 0.229 e. The van der Waals surface area contributed by atoms with E-state index in [-0.39, 0.29) is 43.1 Å². The second-order valence-corrected chi connectivity index (χ2v) is 6.90. The minimum Gasteiger partial charge on any atom is -0.354 e. The molecule has 8 heteroatoms. The zero-order chi connectivity index (χ0) is 18.7. The van der Waals surface area contributed by atoms with E-state index in [2.05, 4.69) is 5.32 Å². The van der Waals surface area contributed by atoms with Gasteiger partial charge in [-0.05, 0) is 30.7 Å². The Morgan fingerprint density at radius 3 is 2.38 bits per heavy atom. The van der Waals surface area contributed by atoms with Crippen molar-refractivity contribution >= 4 is 40.9 Å². The summed E-state index contributed by atoms with van der Waals surface area (Å²) in [5.41, 5.74) is 0.708. The number of amides is 4. The molecule has 0 aromatic heterocycles. The molecule has 0 radical (unpaired) electrons. The van der Waals surface area contributed by atoms with Crippen molar-refractivity contribution in [2.75, 3.05) is 24.5 Å². The number of carbonyl (C=O) groups excluding carboxylic acids is 4. The largest absolute Gasteiger partial charge is 0.354 e. The highest BCUT2D eigenvalue weighted by atomic mass is 35.5. The predicted molar refractivity (Wildman–Crippen MR) is 95.5 cm³/mol. The molecule has 2 aliphatic rings. The number of imide groups is 1. The quantitative estimate of drug-likeness (QED) is 0.785. The Hall–Kier alpha value is -2.41. The lowest BCUT2D eigenvalue weighted by molar-refractivity contribution is -0.148. The molecule has 4 amide bonds. The van der Waals surface area contributed by atoms with Crippen molar-refractivity contribution in [3.8, 4) is 0 Å². The Labute approximate surface area is 156 Å². The normalized spacial score (nSPS) is 20.7. The number of hydrogen-bond acceptors (Lipinski definition) is 4. The zero-order valence-corrected chi connectivity index (χ0v) is 15.0. The van der Waals surface area contributed by atoms with E-state index in [1.165, 1.54) is 4.90 Å². The van der Waals surface area contributed by atoms with Crippen LogP contribution in [0.15, 0.2) is 24.3 Å². The van der Waals surface area contributed by atoms with Crippen LogP contribution in [0.3, 0.4) is 0 Å². The van der Waals surface area contributed by atoms with E-state index < -0.39 is 5.92 Å². The monoisotopic (exact) mass is 377 g/mol. The van der Waals surface area contributed by atoms with Crippen molar-refractivity contribution in [2.45, 2.75) is 25.7 Å². The summed E-state index contributed by atoms with van der Waals surface area (Å²) in [6.45, 7) is 0.667. The molecule has 2 heterocycles. The van der Waals surface area contributed by atoms with E-state index in [4.69, 9.17) is 11.6 Å². The Kier molecular flexibility index (Phi) is 5.56. The molecule has 0 saturated carbocycles. The lowest BCUT2D eigenvalue weighted by Gasteiger charge is -2.25. The van der Waals surface area contributed by atoms with Gasteiger partial charge in [0.1, 0.15) is 0 Å². The van der Waals surface area contributed by atoms with Gasteiger partial charge < -0.3 is 10.2 Å². The maximum atomic E-state index is 12.3. The summed E-state index contributed by atoms with van der Waals surface area (Å²) in [5, 5.41) is 3.31. The van der Waals surface area contributed by atoms with Crippen LogP contribution in [0.2, 0.25) is 5.02 Å². The third-order valence-corrected chi connectivity index (χ3v) is 4.90. The zero-order valence-electron chi connectivity index (χ0n) is 14.2. The first-order valence-electron chi connectivity index (χ1n) is 8.62. The smallest absolute Gasteiger partial charge is 0.229 e. The minimum atomic E-state index is -0.453. The lowest BCUT2D eigenvalue weighted by atomic mass is 10.1. The van der Waals surface area contributed by atoms with Crippen molar-refractivity contribution in [1.29, 1.82) is 0 Å². The Bertz CT molecular complexity index is 718. The molecule has 2 saturated heterocycles. The fourth-order valence-electron chi connectivity index (χ4n) is 3.24. The van der Waals surface area contributed by atoms with Gasteiger partial charge in [0.05, 0.1) is 5.92 Å². The summed E-state index contributed by atoms with van der Waals surface area (Å²) in [5.74, 6) is -1.20. The van der Waals surface area contributed by atoms with Crippen molar-refractivity contribution in [3.05, 3.63) is 29.3 Å². The van der Waals surface area contributed by atoms with Crippen LogP contribution in [0, 0.1) is 5.92 Å². The average molecular weight is 378 g/mol. The van der Waals surface area contributed by atoms with Crippen LogP contribution in [0.25, 0.3) is 0 Å². The fourth-order valence-corrected chi connectivity index (χ4v) is 3.36. The minimum absolute atomic E-state index is 0.117. The van der Waals surface area contributed by atoms with E-state index in [0.717, 1.165) is 0 Å². The first-order valence-corrected chi connectivity index (χ1v) is 9.00. The Morgan fingerprint density at radius 2 is 1.73 bits per heavy atom. The van der Waals surface area contributed by atoms with Crippen molar-refractivity contribution in [2.24, 2.45) is 5.92 Å². The molecule has 1 atom stereocenters. The van der Waals surface area contributed by atoms with Gasteiger partial charge in [-0.2, -0.15) is 0 Å². The lowest BCUT2D eigenvalue weighted by Crippen LogP contribution is -2.45. The van der Waals surface area contributed by atoms with Gasteiger partial charge in [0.2, 0.25) is 23.6 Å². The number of nitrogens with one attached hydrogen (secondary N) is 1. The second-order valence-electron chi connectivity index (χ2n) is 6.47. The molecule has 1 aromatic rings. The van der Waals surface area contributed by atoms with Crippen LogP contribution in [0.4, 0.5) is 5.69 Å². The van der Waals surface area contributed by atoms with Gasteiger partial charge in [-0.1, -0.05) is 11.6 Å². The van der Waals surface area contributed by atoms with Crippen LogP contribution >= 0.6 is 11.6 Å². The number of carbonyl (C=O) groups is 4. The molecule has 0 spiro atoms. The number of benzene rings is 1. The SMILES string of the molecule is O=C(NCCN1C(=O)CCCC1=O)C1CC(=O)N(c2ccc(Cl)cc2)C1. The van der Waals surface area contributed by atoms with E-state index in [9.17, 15) is 19.2 Å². The van der Waals surface area contributed by atoms with E-state index in [0.29, 0.717) is 36.5 Å². The third-order valence-electron chi connectivity index (χ3n) is 4.65. The molecule has 0 bridgehead atoms.